The van der Waals surface area contributed by atoms with Crippen molar-refractivity contribution < 1.29 is 27.4 Å². The first-order valence-corrected chi connectivity index (χ1v) is 13.5. The monoisotopic (exact) mass is 581 g/mol. The van der Waals surface area contributed by atoms with Crippen molar-refractivity contribution in [1.29, 1.82) is 0 Å². The molecule has 4 aromatic rings. The average Bonchev–Trinajstić information content (AvgIpc) is 3.48. The standard InChI is InChI=1S/C29H30F3N7O3/c1-3-41-16-42-19-11-21(31)27(22(32)12-19)28-20(30)4-5-24(36-28)26(40)10-18-13-34-7-6-25(18)38-14-17(2)29(23(33)15-38)39-9-8-35-37-39/h4-9,11-13,17,23,29H,3,10,14-16,33H2,1-2H3/t17-,23+,29-/m0/s1. The van der Waals surface area contributed by atoms with Gasteiger partial charge in [-0.3, -0.25) is 9.78 Å². The van der Waals surface area contributed by atoms with Crippen molar-refractivity contribution in [1.82, 2.24) is 25.0 Å². The number of ketones is 1. The molecule has 1 aliphatic rings. The zero-order valence-electron chi connectivity index (χ0n) is 23.1. The molecule has 0 aliphatic carbocycles. The van der Waals surface area contributed by atoms with Crippen molar-refractivity contribution in [3.63, 3.8) is 0 Å². The molecule has 1 fully saturated rings. The summed E-state index contributed by atoms with van der Waals surface area (Å²) in [6, 6.07) is 5.49. The highest BCUT2D eigenvalue weighted by Gasteiger charge is 2.35. The molecule has 0 radical (unpaired) electrons. The molecular weight excluding hydrogens is 551 g/mol. The molecule has 0 spiro atoms. The van der Waals surface area contributed by atoms with Crippen LogP contribution in [0.15, 0.2) is 55.1 Å². The maximum absolute atomic E-state index is 14.9. The number of halogens is 3. The first-order chi connectivity index (χ1) is 20.3. The fourth-order valence-corrected chi connectivity index (χ4v) is 5.30. The largest absolute Gasteiger partial charge is 0.467 e. The summed E-state index contributed by atoms with van der Waals surface area (Å²) in [6.07, 6.45) is 6.49. The van der Waals surface area contributed by atoms with Gasteiger partial charge in [-0.2, -0.15) is 0 Å². The van der Waals surface area contributed by atoms with Gasteiger partial charge in [-0.25, -0.2) is 22.8 Å². The van der Waals surface area contributed by atoms with Crippen LogP contribution >= 0.6 is 0 Å². The van der Waals surface area contributed by atoms with E-state index in [9.17, 15) is 18.0 Å². The van der Waals surface area contributed by atoms with Crippen molar-refractivity contribution in [3.05, 3.63) is 83.8 Å². The third-order valence-corrected chi connectivity index (χ3v) is 7.17. The van der Waals surface area contributed by atoms with Gasteiger partial charge >= 0.3 is 0 Å². The van der Waals surface area contributed by atoms with Crippen molar-refractivity contribution in [3.8, 4) is 17.0 Å². The second-order valence-corrected chi connectivity index (χ2v) is 10.1. The Morgan fingerprint density at radius 1 is 1.10 bits per heavy atom. The number of rotatable bonds is 10. The van der Waals surface area contributed by atoms with Crippen LogP contribution in [-0.4, -0.2) is 63.3 Å². The minimum absolute atomic E-state index is 0.0383. The van der Waals surface area contributed by atoms with E-state index < -0.39 is 34.5 Å². The first-order valence-electron chi connectivity index (χ1n) is 13.5. The SMILES string of the molecule is CCOCOc1cc(F)c(-c2nc(C(=O)Cc3cnccc3N3C[C@@H](N)[C@@H](n4ccnn4)[C@@H](C)C3)ccc2F)c(F)c1. The summed E-state index contributed by atoms with van der Waals surface area (Å²) in [6.45, 7) is 5.11. The lowest BCUT2D eigenvalue weighted by molar-refractivity contribution is 0.0221. The Bertz CT molecular complexity index is 1520. The number of nitrogens with zero attached hydrogens (tertiary/aromatic N) is 6. The number of Topliss-reactive ketones (excluding diaryl/α,β-unsaturated/α-hetero) is 1. The highest BCUT2D eigenvalue weighted by Crippen LogP contribution is 2.33. The Hall–Kier alpha value is -4.36. The number of hydrogen-bond donors (Lipinski definition) is 1. The average molecular weight is 582 g/mol. The van der Waals surface area contributed by atoms with E-state index in [1.165, 1.54) is 6.07 Å². The van der Waals surface area contributed by atoms with Crippen molar-refractivity contribution >= 4 is 11.5 Å². The molecule has 42 heavy (non-hydrogen) atoms. The van der Waals surface area contributed by atoms with Crippen LogP contribution in [-0.2, 0) is 11.2 Å². The molecule has 3 atom stereocenters. The molecule has 0 bridgehead atoms. The summed E-state index contributed by atoms with van der Waals surface area (Å²) in [5.41, 5.74) is 6.47. The van der Waals surface area contributed by atoms with Crippen LogP contribution in [0.1, 0.15) is 35.9 Å². The van der Waals surface area contributed by atoms with Gasteiger partial charge < -0.3 is 20.1 Å². The summed E-state index contributed by atoms with van der Waals surface area (Å²) < 4.78 is 56.6. The lowest BCUT2D eigenvalue weighted by Crippen LogP contribution is -2.53. The van der Waals surface area contributed by atoms with Crippen molar-refractivity contribution in [2.75, 3.05) is 31.4 Å². The minimum Gasteiger partial charge on any atom is -0.467 e. The van der Waals surface area contributed by atoms with Crippen LogP contribution in [0.3, 0.4) is 0 Å². The topological polar surface area (TPSA) is 121 Å². The summed E-state index contributed by atoms with van der Waals surface area (Å²) in [5, 5.41) is 8.01. The maximum atomic E-state index is 14.9. The molecule has 10 nitrogen and oxygen atoms in total. The molecule has 4 heterocycles. The Kier molecular flexibility index (Phi) is 8.78. The molecule has 5 rings (SSSR count). The predicted octanol–water partition coefficient (Wildman–Crippen LogP) is 3.98. The van der Waals surface area contributed by atoms with Gasteiger partial charge in [-0.15, -0.1) is 5.10 Å². The maximum Gasteiger partial charge on any atom is 0.189 e. The molecule has 220 valence electrons. The fourth-order valence-electron chi connectivity index (χ4n) is 5.30. The highest BCUT2D eigenvalue weighted by molar-refractivity contribution is 5.97. The summed E-state index contributed by atoms with van der Waals surface area (Å²) >= 11 is 0. The Labute approximate surface area is 240 Å². The number of pyridine rings is 2. The normalized spacial score (nSPS) is 18.7. The van der Waals surface area contributed by atoms with Gasteiger partial charge in [0.2, 0.25) is 0 Å². The molecule has 0 amide bonds. The number of benzene rings is 1. The summed E-state index contributed by atoms with van der Waals surface area (Å²) in [4.78, 5) is 23.7. The quantitative estimate of drug-likeness (QED) is 0.168. The van der Waals surface area contributed by atoms with E-state index in [0.29, 0.717) is 25.3 Å². The van der Waals surface area contributed by atoms with Gasteiger partial charge in [0.05, 0.1) is 17.8 Å². The minimum atomic E-state index is -1.09. The second kappa shape index (κ2) is 12.7. The number of carbonyl (C=O) groups excluding carboxylic acids is 1. The lowest BCUT2D eigenvalue weighted by Gasteiger charge is -2.42. The van der Waals surface area contributed by atoms with E-state index in [0.717, 1.165) is 23.9 Å². The molecule has 3 aromatic heterocycles. The summed E-state index contributed by atoms with van der Waals surface area (Å²) in [7, 11) is 0. The predicted molar refractivity (Wildman–Crippen MR) is 147 cm³/mol. The van der Waals surface area contributed by atoms with Crippen LogP contribution in [0.2, 0.25) is 0 Å². The van der Waals surface area contributed by atoms with Crippen molar-refractivity contribution in [2.45, 2.75) is 32.4 Å². The molecule has 0 saturated carbocycles. The molecule has 0 unspecified atom stereocenters. The van der Waals surface area contributed by atoms with Crippen LogP contribution < -0.4 is 15.4 Å². The first kappa shape index (κ1) is 29.1. The van der Waals surface area contributed by atoms with Gasteiger partial charge in [0, 0.05) is 74.1 Å². The Morgan fingerprint density at radius 2 is 1.88 bits per heavy atom. The number of anilines is 1. The Balaban J connectivity index is 1.37. The van der Waals surface area contributed by atoms with Gasteiger partial charge in [0.1, 0.15) is 34.6 Å². The zero-order chi connectivity index (χ0) is 29.8. The molecule has 1 aromatic carbocycles. The zero-order valence-corrected chi connectivity index (χ0v) is 23.1. The third-order valence-electron chi connectivity index (χ3n) is 7.17. The van der Waals surface area contributed by atoms with E-state index in [1.54, 1.807) is 42.5 Å². The van der Waals surface area contributed by atoms with E-state index in [2.05, 4.69) is 32.1 Å². The van der Waals surface area contributed by atoms with Crippen molar-refractivity contribution in [2.24, 2.45) is 11.7 Å². The van der Waals surface area contributed by atoms with Crippen LogP contribution in [0.25, 0.3) is 11.3 Å². The number of piperidine rings is 1. The number of carbonyl (C=O) groups is 1. The molecule has 1 aliphatic heterocycles. The highest BCUT2D eigenvalue weighted by atomic mass is 19.1. The van der Waals surface area contributed by atoms with E-state index in [4.69, 9.17) is 15.2 Å². The van der Waals surface area contributed by atoms with Crippen LogP contribution in [0.4, 0.5) is 18.9 Å². The van der Waals surface area contributed by atoms with Gasteiger partial charge in [0.25, 0.3) is 0 Å². The fraction of sp³-hybridized carbons (Fsp3) is 0.345. The van der Waals surface area contributed by atoms with E-state index >= 15 is 0 Å². The summed E-state index contributed by atoms with van der Waals surface area (Å²) in [5.74, 6) is -3.64. The Morgan fingerprint density at radius 3 is 2.57 bits per heavy atom. The van der Waals surface area contributed by atoms with Crippen LogP contribution in [0.5, 0.6) is 5.75 Å². The smallest absolute Gasteiger partial charge is 0.189 e. The van der Waals surface area contributed by atoms with E-state index in [1.807, 2.05) is 0 Å². The number of ether oxygens (including phenoxy) is 2. The van der Waals surface area contributed by atoms with E-state index in [-0.39, 0.29) is 42.7 Å². The van der Waals surface area contributed by atoms with Gasteiger partial charge in [-0.1, -0.05) is 12.1 Å². The third kappa shape index (κ3) is 6.11. The van der Waals surface area contributed by atoms with Gasteiger partial charge in [-0.05, 0) is 31.0 Å². The number of hydrogen-bond acceptors (Lipinski definition) is 9. The number of nitrogens with two attached hydrogens (primary N) is 1. The number of aromatic nitrogens is 5. The van der Waals surface area contributed by atoms with Gasteiger partial charge in [0.15, 0.2) is 12.6 Å². The lowest BCUT2D eigenvalue weighted by atomic mass is 9.89. The second-order valence-electron chi connectivity index (χ2n) is 10.1. The molecule has 13 heteroatoms. The molecular formula is C29H30F3N7O3. The van der Waals surface area contributed by atoms with Crippen LogP contribution in [0, 0.1) is 23.4 Å². The molecule has 1 saturated heterocycles. The molecule has 2 N–H and O–H groups in total.